The van der Waals surface area contributed by atoms with Crippen molar-refractivity contribution in [3.63, 3.8) is 0 Å². The standard InChI is InChI=1S/C20H28O3/c1-19-12-10-15-14(16(19)8-9-17(19)21)7-6-13-5-4-11-20(22-2,23-3)18(13)15/h10,14,16H,4-9,11-12H2,1-3H3/t14-,16+,19+/m1/s1. The van der Waals surface area contributed by atoms with Crippen LogP contribution < -0.4 is 0 Å². The molecule has 0 heterocycles. The summed E-state index contributed by atoms with van der Waals surface area (Å²) >= 11 is 0. The van der Waals surface area contributed by atoms with E-state index >= 15 is 0 Å². The summed E-state index contributed by atoms with van der Waals surface area (Å²) in [4.78, 5) is 12.4. The number of ether oxygens (including phenoxy) is 2. The summed E-state index contributed by atoms with van der Waals surface area (Å²) in [5, 5.41) is 0. The molecule has 0 aliphatic heterocycles. The minimum absolute atomic E-state index is 0.121. The lowest BCUT2D eigenvalue weighted by molar-refractivity contribution is -0.186. The Balaban J connectivity index is 1.81. The van der Waals surface area contributed by atoms with Crippen LogP contribution in [0.4, 0.5) is 0 Å². The zero-order chi connectivity index (χ0) is 16.2. The molecule has 0 radical (unpaired) electrons. The predicted octanol–water partition coefficient (Wildman–Crippen LogP) is 4.18. The Morgan fingerprint density at radius 3 is 2.65 bits per heavy atom. The van der Waals surface area contributed by atoms with Gasteiger partial charge in [0.1, 0.15) is 5.78 Å². The Morgan fingerprint density at radius 1 is 1.13 bits per heavy atom. The first-order chi connectivity index (χ1) is 11.1. The highest BCUT2D eigenvalue weighted by atomic mass is 16.7. The largest absolute Gasteiger partial charge is 0.349 e. The number of Topliss-reactive ketones (excluding diaryl/α,β-unsaturated/α-hetero) is 1. The predicted molar refractivity (Wildman–Crippen MR) is 88.9 cm³/mol. The van der Waals surface area contributed by atoms with Crippen molar-refractivity contribution in [3.8, 4) is 0 Å². The number of hydrogen-bond acceptors (Lipinski definition) is 3. The van der Waals surface area contributed by atoms with Crippen molar-refractivity contribution in [2.75, 3.05) is 14.2 Å². The first-order valence-electron chi connectivity index (χ1n) is 9.12. The number of fused-ring (bicyclic) bond motifs is 4. The van der Waals surface area contributed by atoms with E-state index in [0.717, 1.165) is 38.5 Å². The molecule has 0 unspecified atom stereocenters. The quantitative estimate of drug-likeness (QED) is 0.717. The molecule has 0 aromatic carbocycles. The van der Waals surface area contributed by atoms with Crippen LogP contribution in [0.2, 0.25) is 0 Å². The van der Waals surface area contributed by atoms with Crippen molar-refractivity contribution in [3.05, 3.63) is 22.8 Å². The van der Waals surface area contributed by atoms with Crippen molar-refractivity contribution < 1.29 is 14.3 Å². The highest BCUT2D eigenvalue weighted by Crippen LogP contribution is 2.59. The molecule has 0 bridgehead atoms. The number of methoxy groups -OCH3 is 2. The topological polar surface area (TPSA) is 35.5 Å². The van der Waals surface area contributed by atoms with Gasteiger partial charge < -0.3 is 9.47 Å². The van der Waals surface area contributed by atoms with E-state index in [0.29, 0.717) is 17.6 Å². The molecule has 3 heteroatoms. The molecule has 1 saturated carbocycles. The number of rotatable bonds is 2. The minimum atomic E-state index is -0.561. The SMILES string of the molecule is COC1(OC)CCCC2=C1C1=CC[C@]3(C)C(=O)CC[C@H]3[C@@H]1CC2. The molecule has 3 nitrogen and oxygen atoms in total. The van der Waals surface area contributed by atoms with E-state index < -0.39 is 5.79 Å². The molecule has 0 N–H and O–H groups in total. The molecule has 1 fully saturated rings. The third-order valence-electron chi connectivity index (χ3n) is 7.19. The first-order valence-corrected chi connectivity index (χ1v) is 9.12. The van der Waals surface area contributed by atoms with Crippen LogP contribution >= 0.6 is 0 Å². The lowest BCUT2D eigenvalue weighted by Gasteiger charge is -2.49. The Kier molecular flexibility index (Phi) is 3.58. The third kappa shape index (κ3) is 1.99. The van der Waals surface area contributed by atoms with Gasteiger partial charge in [-0.25, -0.2) is 0 Å². The fourth-order valence-corrected chi connectivity index (χ4v) is 5.89. The smallest absolute Gasteiger partial charge is 0.194 e. The number of carbonyl (C=O) groups excluding carboxylic acids is 1. The van der Waals surface area contributed by atoms with E-state index in [4.69, 9.17) is 9.47 Å². The van der Waals surface area contributed by atoms with Crippen molar-refractivity contribution >= 4 is 5.78 Å². The van der Waals surface area contributed by atoms with E-state index in [2.05, 4.69) is 13.0 Å². The average Bonchev–Trinajstić information content (AvgIpc) is 2.89. The second-order valence-corrected chi connectivity index (χ2v) is 7.99. The van der Waals surface area contributed by atoms with Gasteiger partial charge in [0.15, 0.2) is 5.79 Å². The highest BCUT2D eigenvalue weighted by molar-refractivity contribution is 5.87. The number of hydrogen-bond donors (Lipinski definition) is 0. The normalized spacial score (nSPS) is 38.7. The molecule has 0 spiro atoms. The van der Waals surface area contributed by atoms with Crippen LogP contribution in [0.15, 0.2) is 22.8 Å². The molecule has 0 amide bonds. The van der Waals surface area contributed by atoms with Gasteiger partial charge in [-0.15, -0.1) is 0 Å². The van der Waals surface area contributed by atoms with Crippen LogP contribution in [0.25, 0.3) is 0 Å². The van der Waals surface area contributed by atoms with Crippen molar-refractivity contribution in [1.29, 1.82) is 0 Å². The Hall–Kier alpha value is -0.930. The molecular weight excluding hydrogens is 288 g/mol. The molecule has 4 aliphatic rings. The Morgan fingerprint density at radius 2 is 1.91 bits per heavy atom. The number of carbonyl (C=O) groups is 1. The monoisotopic (exact) mass is 316 g/mol. The van der Waals surface area contributed by atoms with Gasteiger partial charge in [-0.1, -0.05) is 18.6 Å². The Labute approximate surface area is 139 Å². The molecule has 126 valence electrons. The van der Waals surface area contributed by atoms with Crippen molar-refractivity contribution in [2.24, 2.45) is 17.3 Å². The molecule has 4 rings (SSSR count). The maximum atomic E-state index is 12.4. The van der Waals surface area contributed by atoms with Gasteiger partial charge in [0, 0.05) is 38.0 Å². The van der Waals surface area contributed by atoms with E-state index in [1.165, 1.54) is 29.6 Å². The second kappa shape index (κ2) is 5.29. The molecule has 3 atom stereocenters. The van der Waals surface area contributed by atoms with Crippen molar-refractivity contribution in [1.82, 2.24) is 0 Å². The summed E-state index contributed by atoms with van der Waals surface area (Å²) in [6, 6.07) is 0. The molecule has 0 aromatic rings. The van der Waals surface area contributed by atoms with Gasteiger partial charge in [0.05, 0.1) is 0 Å². The average molecular weight is 316 g/mol. The molecule has 4 aliphatic carbocycles. The number of ketones is 1. The number of allylic oxidation sites excluding steroid dienone is 2. The fourth-order valence-electron chi connectivity index (χ4n) is 5.89. The van der Waals surface area contributed by atoms with Gasteiger partial charge >= 0.3 is 0 Å². The van der Waals surface area contributed by atoms with Gasteiger partial charge in [0.25, 0.3) is 0 Å². The zero-order valence-corrected chi connectivity index (χ0v) is 14.6. The zero-order valence-electron chi connectivity index (χ0n) is 14.6. The highest BCUT2D eigenvalue weighted by Gasteiger charge is 2.54. The summed E-state index contributed by atoms with van der Waals surface area (Å²) in [5.41, 5.74) is 4.21. The molecule has 0 saturated heterocycles. The minimum Gasteiger partial charge on any atom is -0.349 e. The van der Waals surface area contributed by atoms with E-state index in [1.54, 1.807) is 14.2 Å². The maximum Gasteiger partial charge on any atom is 0.194 e. The van der Waals surface area contributed by atoms with Crippen LogP contribution in [0, 0.1) is 17.3 Å². The van der Waals surface area contributed by atoms with E-state index in [9.17, 15) is 4.79 Å². The summed E-state index contributed by atoms with van der Waals surface area (Å²) in [6.07, 6.45) is 10.7. The second-order valence-electron chi connectivity index (χ2n) is 7.99. The summed E-state index contributed by atoms with van der Waals surface area (Å²) < 4.78 is 11.8. The summed E-state index contributed by atoms with van der Waals surface area (Å²) in [7, 11) is 3.55. The van der Waals surface area contributed by atoms with Crippen molar-refractivity contribution in [2.45, 2.75) is 64.1 Å². The van der Waals surface area contributed by atoms with Gasteiger partial charge in [0.2, 0.25) is 0 Å². The van der Waals surface area contributed by atoms with Crippen LogP contribution in [0.1, 0.15) is 58.3 Å². The van der Waals surface area contributed by atoms with Crippen LogP contribution in [0.3, 0.4) is 0 Å². The first kappa shape index (κ1) is 15.6. The summed E-state index contributed by atoms with van der Waals surface area (Å²) in [6.45, 7) is 2.20. The van der Waals surface area contributed by atoms with Gasteiger partial charge in [-0.05, 0) is 55.9 Å². The fraction of sp³-hybridized carbons (Fsp3) is 0.750. The maximum absolute atomic E-state index is 12.4. The lowest BCUT2D eigenvalue weighted by Crippen LogP contribution is -2.46. The molecular formula is C20H28O3. The van der Waals surface area contributed by atoms with E-state index in [-0.39, 0.29) is 5.41 Å². The summed E-state index contributed by atoms with van der Waals surface area (Å²) in [5.74, 6) is 0.944. The van der Waals surface area contributed by atoms with Crippen LogP contribution in [0.5, 0.6) is 0 Å². The van der Waals surface area contributed by atoms with E-state index in [1.807, 2.05) is 0 Å². The van der Waals surface area contributed by atoms with Crippen LogP contribution in [-0.4, -0.2) is 25.8 Å². The molecule has 0 aromatic heterocycles. The van der Waals surface area contributed by atoms with Gasteiger partial charge in [-0.2, -0.15) is 0 Å². The lowest BCUT2D eigenvalue weighted by atomic mass is 9.58. The Bertz CT molecular complexity index is 596. The third-order valence-corrected chi connectivity index (χ3v) is 7.19. The molecule has 23 heavy (non-hydrogen) atoms. The van der Waals surface area contributed by atoms with Crippen LogP contribution in [-0.2, 0) is 14.3 Å². The van der Waals surface area contributed by atoms with Gasteiger partial charge in [-0.3, -0.25) is 4.79 Å².